The first-order chi connectivity index (χ1) is 11.6. The van der Waals surface area contributed by atoms with Gasteiger partial charge in [0.1, 0.15) is 6.54 Å². The second kappa shape index (κ2) is 10.7. The third-order valence-electron chi connectivity index (χ3n) is 3.70. The first-order valence-electron chi connectivity index (χ1n) is 8.16. The van der Waals surface area contributed by atoms with Gasteiger partial charge in [-0.25, -0.2) is 4.99 Å². The fourth-order valence-electron chi connectivity index (χ4n) is 2.45. The zero-order valence-corrected chi connectivity index (χ0v) is 16.9. The molecule has 0 heterocycles. The normalized spacial score (nSPS) is 10.7. The number of para-hydroxylation sites is 2. The van der Waals surface area contributed by atoms with Gasteiger partial charge >= 0.3 is 0 Å². The summed E-state index contributed by atoms with van der Waals surface area (Å²) in [6.45, 7) is 4.17. The van der Waals surface area contributed by atoms with Gasteiger partial charge in [-0.1, -0.05) is 50.2 Å². The van der Waals surface area contributed by atoms with Crippen LogP contribution < -0.4 is 16.4 Å². The zero-order valence-electron chi connectivity index (χ0n) is 14.6. The second-order valence-electron chi connectivity index (χ2n) is 5.40. The number of aliphatic imine (C=N–C) groups is 1. The van der Waals surface area contributed by atoms with Crippen molar-refractivity contribution >= 4 is 47.2 Å². The molecule has 134 valence electrons. The molecular formula is C19H25IN4O. The Morgan fingerprint density at radius 2 is 1.56 bits per heavy atom. The van der Waals surface area contributed by atoms with Gasteiger partial charge in [0.15, 0.2) is 5.96 Å². The molecule has 0 saturated carbocycles. The Kier molecular flexibility index (Phi) is 8.98. The monoisotopic (exact) mass is 452 g/mol. The maximum Gasteiger partial charge on any atom is 0.246 e. The summed E-state index contributed by atoms with van der Waals surface area (Å²) in [5, 5.41) is 5.92. The lowest BCUT2D eigenvalue weighted by Crippen LogP contribution is -2.26. The molecule has 0 aliphatic heterocycles. The van der Waals surface area contributed by atoms with Crippen LogP contribution in [0, 0.1) is 0 Å². The molecule has 2 aromatic carbocycles. The number of aryl methyl sites for hydroxylation is 2. The van der Waals surface area contributed by atoms with Gasteiger partial charge in [-0.2, -0.15) is 0 Å². The average molecular weight is 452 g/mol. The van der Waals surface area contributed by atoms with E-state index in [1.807, 2.05) is 36.4 Å². The number of anilines is 2. The lowest BCUT2D eigenvalue weighted by molar-refractivity contribution is -0.114. The summed E-state index contributed by atoms with van der Waals surface area (Å²) in [5.74, 6) is 0.0410. The number of hydrogen-bond donors (Lipinski definition) is 3. The molecule has 0 atom stereocenters. The highest BCUT2D eigenvalue weighted by atomic mass is 127. The summed E-state index contributed by atoms with van der Waals surface area (Å²) < 4.78 is 0. The highest BCUT2D eigenvalue weighted by Gasteiger charge is 2.07. The van der Waals surface area contributed by atoms with Gasteiger partial charge in [-0.3, -0.25) is 4.79 Å². The molecule has 0 aromatic heterocycles. The van der Waals surface area contributed by atoms with Crippen LogP contribution in [0.4, 0.5) is 11.4 Å². The molecular weight excluding hydrogens is 427 g/mol. The van der Waals surface area contributed by atoms with E-state index in [1.54, 1.807) is 0 Å². The van der Waals surface area contributed by atoms with Crippen LogP contribution in [-0.2, 0) is 17.6 Å². The van der Waals surface area contributed by atoms with Crippen LogP contribution in [-0.4, -0.2) is 18.4 Å². The quantitative estimate of drug-likeness (QED) is 0.355. The molecule has 0 aliphatic rings. The molecule has 0 spiro atoms. The maximum absolute atomic E-state index is 11.9. The van der Waals surface area contributed by atoms with Crippen LogP contribution >= 0.6 is 24.0 Å². The number of nitrogens with two attached hydrogens (primary N) is 1. The van der Waals surface area contributed by atoms with Gasteiger partial charge in [0.05, 0.1) is 0 Å². The predicted octanol–water partition coefficient (Wildman–Crippen LogP) is 3.79. The Bertz CT molecular complexity index is 694. The third-order valence-corrected chi connectivity index (χ3v) is 3.70. The summed E-state index contributed by atoms with van der Waals surface area (Å²) in [4.78, 5) is 16.1. The predicted molar refractivity (Wildman–Crippen MR) is 116 cm³/mol. The van der Waals surface area contributed by atoms with Gasteiger partial charge < -0.3 is 16.4 Å². The Morgan fingerprint density at radius 3 is 2.12 bits per heavy atom. The van der Waals surface area contributed by atoms with Gasteiger partial charge in [-0.15, -0.1) is 24.0 Å². The van der Waals surface area contributed by atoms with Gasteiger partial charge in [0, 0.05) is 11.4 Å². The first-order valence-corrected chi connectivity index (χ1v) is 8.16. The van der Waals surface area contributed by atoms with E-state index in [2.05, 4.69) is 41.6 Å². The molecule has 5 nitrogen and oxygen atoms in total. The zero-order chi connectivity index (χ0) is 17.4. The molecule has 0 aliphatic carbocycles. The Morgan fingerprint density at radius 1 is 0.960 bits per heavy atom. The number of nitrogens with one attached hydrogen (secondary N) is 2. The lowest BCUT2D eigenvalue weighted by atomic mass is 10.0. The number of carbonyl (C=O) groups excluding carboxylic acids is 1. The second-order valence-corrected chi connectivity index (χ2v) is 5.40. The number of amides is 1. The van der Waals surface area contributed by atoms with Crippen LogP contribution in [0.1, 0.15) is 25.0 Å². The maximum atomic E-state index is 11.9. The molecule has 0 unspecified atom stereocenters. The van der Waals surface area contributed by atoms with E-state index in [-0.39, 0.29) is 42.4 Å². The van der Waals surface area contributed by atoms with Crippen molar-refractivity contribution in [3.05, 3.63) is 59.7 Å². The molecule has 2 aromatic rings. The van der Waals surface area contributed by atoms with Crippen molar-refractivity contribution in [2.45, 2.75) is 26.7 Å². The third kappa shape index (κ3) is 6.38. The van der Waals surface area contributed by atoms with Crippen molar-refractivity contribution in [2.24, 2.45) is 10.7 Å². The van der Waals surface area contributed by atoms with E-state index in [4.69, 9.17) is 5.73 Å². The molecule has 4 N–H and O–H groups in total. The number of hydrogen-bond acceptors (Lipinski definition) is 2. The minimum absolute atomic E-state index is 0. The van der Waals surface area contributed by atoms with Crippen molar-refractivity contribution in [2.75, 3.05) is 17.2 Å². The van der Waals surface area contributed by atoms with Crippen LogP contribution in [0.15, 0.2) is 53.5 Å². The SMILES string of the molecule is CCc1cccc(CC)c1NC(N)=NCC(=O)Nc1ccccc1.I. The number of carbonyl (C=O) groups is 1. The summed E-state index contributed by atoms with van der Waals surface area (Å²) in [6, 6.07) is 15.5. The molecule has 1 amide bonds. The van der Waals surface area contributed by atoms with Crippen molar-refractivity contribution in [3.63, 3.8) is 0 Å². The van der Waals surface area contributed by atoms with Crippen LogP contribution in [0.3, 0.4) is 0 Å². The van der Waals surface area contributed by atoms with Crippen molar-refractivity contribution in [1.82, 2.24) is 0 Å². The molecule has 0 fully saturated rings. The fourth-order valence-corrected chi connectivity index (χ4v) is 2.45. The summed E-state index contributed by atoms with van der Waals surface area (Å²) in [6.07, 6.45) is 1.80. The number of halogens is 1. The number of guanidine groups is 1. The highest BCUT2D eigenvalue weighted by Crippen LogP contribution is 2.22. The Labute approximate surface area is 166 Å². The van der Waals surface area contributed by atoms with E-state index < -0.39 is 0 Å². The Balaban J connectivity index is 0.00000312. The van der Waals surface area contributed by atoms with Gasteiger partial charge in [-0.05, 0) is 36.1 Å². The molecule has 0 bridgehead atoms. The first kappa shape index (κ1) is 21.0. The van der Waals surface area contributed by atoms with Crippen LogP contribution in [0.5, 0.6) is 0 Å². The van der Waals surface area contributed by atoms with Crippen LogP contribution in [0.2, 0.25) is 0 Å². The van der Waals surface area contributed by atoms with Crippen molar-refractivity contribution < 1.29 is 4.79 Å². The number of benzene rings is 2. The van der Waals surface area contributed by atoms with Crippen LogP contribution in [0.25, 0.3) is 0 Å². The molecule has 0 saturated heterocycles. The summed E-state index contributed by atoms with van der Waals surface area (Å²) in [5.41, 5.74) is 10.1. The molecule has 0 radical (unpaired) electrons. The van der Waals surface area contributed by atoms with E-state index in [0.717, 1.165) is 24.2 Å². The van der Waals surface area contributed by atoms with E-state index in [1.165, 1.54) is 11.1 Å². The van der Waals surface area contributed by atoms with Gasteiger partial charge in [0.25, 0.3) is 0 Å². The van der Waals surface area contributed by atoms with E-state index in [9.17, 15) is 4.79 Å². The van der Waals surface area contributed by atoms with Crippen molar-refractivity contribution in [3.8, 4) is 0 Å². The van der Waals surface area contributed by atoms with E-state index in [0.29, 0.717) is 0 Å². The minimum Gasteiger partial charge on any atom is -0.370 e. The summed E-state index contributed by atoms with van der Waals surface area (Å²) in [7, 11) is 0. The van der Waals surface area contributed by atoms with E-state index >= 15 is 0 Å². The largest absolute Gasteiger partial charge is 0.370 e. The van der Waals surface area contributed by atoms with Gasteiger partial charge in [0.2, 0.25) is 5.91 Å². The molecule has 6 heteroatoms. The minimum atomic E-state index is -0.203. The fraction of sp³-hybridized carbons (Fsp3) is 0.263. The summed E-state index contributed by atoms with van der Waals surface area (Å²) >= 11 is 0. The topological polar surface area (TPSA) is 79.5 Å². The molecule has 2 rings (SSSR count). The standard InChI is InChI=1S/C19H24N4O.HI/c1-3-14-9-8-10-15(4-2)18(14)23-19(20)21-13-17(24)22-16-11-6-5-7-12-16;/h5-12H,3-4,13H2,1-2H3,(H,22,24)(H3,20,21,23);1H. The smallest absolute Gasteiger partial charge is 0.246 e. The number of nitrogens with zero attached hydrogens (tertiary/aromatic N) is 1. The number of rotatable bonds is 6. The highest BCUT2D eigenvalue weighted by molar-refractivity contribution is 14.0. The lowest BCUT2D eigenvalue weighted by Gasteiger charge is -2.14. The molecule has 25 heavy (non-hydrogen) atoms. The average Bonchev–Trinajstić information content (AvgIpc) is 2.61. The Hall–Kier alpha value is -2.09. The van der Waals surface area contributed by atoms with Crippen molar-refractivity contribution in [1.29, 1.82) is 0 Å².